The number of hydrogen-bond acceptors (Lipinski definition) is 3. The summed E-state index contributed by atoms with van der Waals surface area (Å²) < 4.78 is 5.30. The van der Waals surface area contributed by atoms with E-state index in [0.29, 0.717) is 6.61 Å². The van der Waals surface area contributed by atoms with Crippen molar-refractivity contribution in [2.24, 2.45) is 0 Å². The molecule has 0 heterocycles. The van der Waals surface area contributed by atoms with Crippen molar-refractivity contribution in [2.75, 3.05) is 21.2 Å². The van der Waals surface area contributed by atoms with Gasteiger partial charge in [0, 0.05) is 25.7 Å². The number of nitrogens with one attached hydrogen (secondary N) is 1. The van der Waals surface area contributed by atoms with Crippen molar-refractivity contribution in [3.63, 3.8) is 0 Å². The maximum Gasteiger partial charge on any atom is 0.0716 e. The molecule has 3 nitrogen and oxygen atoms in total. The lowest BCUT2D eigenvalue weighted by molar-refractivity contribution is 0.164. The lowest BCUT2D eigenvalue weighted by Crippen LogP contribution is -2.39. The summed E-state index contributed by atoms with van der Waals surface area (Å²) in [4.78, 5) is 2.51. The Bertz CT molecular complexity index is 400. The fourth-order valence-electron chi connectivity index (χ4n) is 3.21. The van der Waals surface area contributed by atoms with Gasteiger partial charge >= 0.3 is 0 Å². The molecule has 0 unspecified atom stereocenters. The predicted octanol–water partition coefficient (Wildman–Crippen LogP) is 2.80. The summed E-state index contributed by atoms with van der Waals surface area (Å²) >= 11 is 0. The van der Waals surface area contributed by atoms with Gasteiger partial charge in [0.1, 0.15) is 0 Å². The molecule has 3 heteroatoms. The Morgan fingerprint density at radius 2 is 1.80 bits per heavy atom. The fourth-order valence-corrected chi connectivity index (χ4v) is 3.21. The molecule has 1 aromatic carbocycles. The van der Waals surface area contributed by atoms with Crippen LogP contribution in [-0.2, 0) is 17.9 Å². The SMILES string of the molecule is CNC1CCC(N(C)Cc2ccccc2COC)CC1. The minimum absolute atomic E-state index is 0.705. The smallest absolute Gasteiger partial charge is 0.0716 e. The van der Waals surface area contributed by atoms with Gasteiger partial charge in [-0.1, -0.05) is 24.3 Å². The lowest BCUT2D eigenvalue weighted by Gasteiger charge is -2.35. The van der Waals surface area contributed by atoms with Crippen LogP contribution in [0.2, 0.25) is 0 Å². The molecule has 112 valence electrons. The summed E-state index contributed by atoms with van der Waals surface area (Å²) in [5, 5.41) is 3.40. The van der Waals surface area contributed by atoms with E-state index >= 15 is 0 Å². The second kappa shape index (κ2) is 7.77. The highest BCUT2D eigenvalue weighted by Gasteiger charge is 2.23. The van der Waals surface area contributed by atoms with Gasteiger partial charge in [0.25, 0.3) is 0 Å². The average Bonchev–Trinajstić information content (AvgIpc) is 2.49. The molecule has 0 saturated heterocycles. The summed E-state index contributed by atoms with van der Waals surface area (Å²) in [5.41, 5.74) is 2.71. The van der Waals surface area contributed by atoms with E-state index in [1.54, 1.807) is 7.11 Å². The molecular weight excluding hydrogens is 248 g/mol. The topological polar surface area (TPSA) is 24.5 Å². The van der Waals surface area contributed by atoms with Crippen LogP contribution in [-0.4, -0.2) is 38.2 Å². The van der Waals surface area contributed by atoms with Crippen molar-refractivity contribution in [2.45, 2.75) is 50.9 Å². The maximum atomic E-state index is 5.30. The lowest BCUT2D eigenvalue weighted by atomic mass is 9.90. The van der Waals surface area contributed by atoms with Crippen LogP contribution in [0.25, 0.3) is 0 Å². The molecule has 0 aliphatic heterocycles. The Balaban J connectivity index is 1.93. The maximum absolute atomic E-state index is 5.30. The molecule has 1 saturated carbocycles. The number of ether oxygens (including phenoxy) is 1. The molecule has 0 spiro atoms. The third kappa shape index (κ3) is 4.05. The van der Waals surface area contributed by atoms with Crippen LogP contribution in [0.15, 0.2) is 24.3 Å². The summed E-state index contributed by atoms with van der Waals surface area (Å²) in [6, 6.07) is 10.1. The standard InChI is InChI=1S/C17H28N2O/c1-18-16-8-10-17(11-9-16)19(2)12-14-6-4-5-7-15(14)13-20-3/h4-7,16-18H,8-13H2,1-3H3. The molecule has 0 radical (unpaired) electrons. The van der Waals surface area contributed by atoms with Crippen LogP contribution < -0.4 is 5.32 Å². The molecule has 1 N–H and O–H groups in total. The van der Waals surface area contributed by atoms with Crippen molar-refractivity contribution >= 4 is 0 Å². The zero-order valence-electron chi connectivity index (χ0n) is 13.1. The van der Waals surface area contributed by atoms with Gasteiger partial charge in [-0.25, -0.2) is 0 Å². The highest BCUT2D eigenvalue weighted by molar-refractivity contribution is 5.26. The van der Waals surface area contributed by atoms with Crippen LogP contribution in [0.1, 0.15) is 36.8 Å². The van der Waals surface area contributed by atoms with Gasteiger partial charge in [0.05, 0.1) is 6.61 Å². The molecular formula is C17H28N2O. The van der Waals surface area contributed by atoms with E-state index in [2.05, 4.69) is 48.6 Å². The van der Waals surface area contributed by atoms with Crippen molar-refractivity contribution in [3.8, 4) is 0 Å². The first-order valence-electron chi connectivity index (χ1n) is 7.67. The Morgan fingerprint density at radius 3 is 2.40 bits per heavy atom. The molecule has 20 heavy (non-hydrogen) atoms. The van der Waals surface area contributed by atoms with Crippen molar-refractivity contribution in [3.05, 3.63) is 35.4 Å². The number of hydrogen-bond donors (Lipinski definition) is 1. The van der Waals surface area contributed by atoms with Gasteiger partial charge in [-0.15, -0.1) is 0 Å². The average molecular weight is 276 g/mol. The van der Waals surface area contributed by atoms with E-state index in [9.17, 15) is 0 Å². The van der Waals surface area contributed by atoms with E-state index in [1.807, 2.05) is 0 Å². The highest BCUT2D eigenvalue weighted by Crippen LogP contribution is 2.24. The fraction of sp³-hybridized carbons (Fsp3) is 0.647. The van der Waals surface area contributed by atoms with E-state index in [0.717, 1.165) is 18.6 Å². The second-order valence-electron chi connectivity index (χ2n) is 5.91. The third-order valence-corrected chi connectivity index (χ3v) is 4.57. The first-order valence-corrected chi connectivity index (χ1v) is 7.67. The molecule has 1 aliphatic rings. The van der Waals surface area contributed by atoms with Gasteiger partial charge in [0.2, 0.25) is 0 Å². The van der Waals surface area contributed by atoms with Gasteiger partial charge in [-0.3, -0.25) is 4.90 Å². The van der Waals surface area contributed by atoms with Gasteiger partial charge in [-0.05, 0) is 50.9 Å². The van der Waals surface area contributed by atoms with Gasteiger partial charge in [-0.2, -0.15) is 0 Å². The van der Waals surface area contributed by atoms with Crippen molar-refractivity contribution < 1.29 is 4.74 Å². The predicted molar refractivity (Wildman–Crippen MR) is 83.7 cm³/mol. The van der Waals surface area contributed by atoms with E-state index < -0.39 is 0 Å². The molecule has 1 fully saturated rings. The quantitative estimate of drug-likeness (QED) is 0.864. The zero-order valence-corrected chi connectivity index (χ0v) is 13.1. The van der Waals surface area contributed by atoms with Crippen LogP contribution >= 0.6 is 0 Å². The van der Waals surface area contributed by atoms with Crippen LogP contribution in [0.5, 0.6) is 0 Å². The minimum atomic E-state index is 0.705. The van der Waals surface area contributed by atoms with E-state index in [4.69, 9.17) is 4.74 Å². The zero-order chi connectivity index (χ0) is 14.4. The van der Waals surface area contributed by atoms with Crippen LogP contribution in [0.4, 0.5) is 0 Å². The number of methoxy groups -OCH3 is 1. The molecule has 1 aliphatic carbocycles. The van der Waals surface area contributed by atoms with Gasteiger partial charge in [0.15, 0.2) is 0 Å². The van der Waals surface area contributed by atoms with Crippen molar-refractivity contribution in [1.29, 1.82) is 0 Å². The van der Waals surface area contributed by atoms with Gasteiger partial charge < -0.3 is 10.1 Å². The third-order valence-electron chi connectivity index (χ3n) is 4.57. The second-order valence-corrected chi connectivity index (χ2v) is 5.91. The summed E-state index contributed by atoms with van der Waals surface area (Å²) in [6.07, 6.45) is 5.19. The van der Waals surface area contributed by atoms with E-state index in [-0.39, 0.29) is 0 Å². The highest BCUT2D eigenvalue weighted by atomic mass is 16.5. The van der Waals surface area contributed by atoms with Crippen LogP contribution in [0, 0.1) is 0 Å². The normalized spacial score (nSPS) is 23.2. The molecule has 0 amide bonds. The first kappa shape index (κ1) is 15.5. The minimum Gasteiger partial charge on any atom is -0.380 e. The number of nitrogens with zero attached hydrogens (tertiary/aromatic N) is 1. The number of rotatable bonds is 6. The molecule has 2 rings (SSSR count). The van der Waals surface area contributed by atoms with Crippen LogP contribution in [0.3, 0.4) is 0 Å². The summed E-state index contributed by atoms with van der Waals surface area (Å²) in [5.74, 6) is 0. The van der Waals surface area contributed by atoms with E-state index in [1.165, 1.54) is 36.8 Å². The number of benzene rings is 1. The Labute approximate surface area is 123 Å². The molecule has 0 atom stereocenters. The Hall–Kier alpha value is -0.900. The van der Waals surface area contributed by atoms with Crippen molar-refractivity contribution in [1.82, 2.24) is 10.2 Å². The monoisotopic (exact) mass is 276 g/mol. The molecule has 0 bridgehead atoms. The summed E-state index contributed by atoms with van der Waals surface area (Å²) in [7, 11) is 6.10. The Kier molecular flexibility index (Phi) is 6.02. The Morgan fingerprint density at radius 1 is 1.15 bits per heavy atom. The molecule has 1 aromatic rings. The summed E-state index contributed by atoms with van der Waals surface area (Å²) in [6.45, 7) is 1.73. The molecule has 0 aromatic heterocycles. The largest absolute Gasteiger partial charge is 0.380 e. The first-order chi connectivity index (χ1) is 9.74.